The van der Waals surface area contributed by atoms with Crippen LogP contribution in [0, 0.1) is 6.92 Å². The van der Waals surface area contributed by atoms with Crippen LogP contribution in [0.15, 0.2) is 46.4 Å². The van der Waals surface area contributed by atoms with E-state index in [0.29, 0.717) is 28.6 Å². The maximum atomic E-state index is 13.2. The lowest BCUT2D eigenvalue weighted by atomic mass is 9.94. The molecule has 0 aromatic heterocycles. The standard InChI is InChI=1S/C26H31BrN2O5/c1-5-28(6-2)12-7-13-29-22(18-14-19(27)24(31)20(15-18)34-4)21(25(32)26(29)33)23(30)17-10-8-16(3)9-11-17/h8-11,14-15,22,30-31H,5-7,12-13H2,1-4H3/b23-21+. The van der Waals surface area contributed by atoms with Gasteiger partial charge in [0.2, 0.25) is 0 Å². The van der Waals surface area contributed by atoms with E-state index in [1.807, 2.05) is 19.1 Å². The van der Waals surface area contributed by atoms with Gasteiger partial charge in [0.1, 0.15) is 5.76 Å². The number of rotatable bonds is 9. The van der Waals surface area contributed by atoms with Crippen LogP contribution in [0.1, 0.15) is 43.0 Å². The normalized spacial score (nSPS) is 17.6. The van der Waals surface area contributed by atoms with Crippen molar-refractivity contribution in [2.75, 3.05) is 33.3 Å². The highest BCUT2D eigenvalue weighted by atomic mass is 79.9. The summed E-state index contributed by atoms with van der Waals surface area (Å²) in [6.07, 6.45) is 0.673. The first-order valence-electron chi connectivity index (χ1n) is 11.4. The third-order valence-electron chi connectivity index (χ3n) is 6.22. The van der Waals surface area contributed by atoms with Gasteiger partial charge in [-0.2, -0.15) is 0 Å². The molecule has 1 saturated heterocycles. The van der Waals surface area contributed by atoms with Gasteiger partial charge in [-0.25, -0.2) is 0 Å². The highest BCUT2D eigenvalue weighted by Crippen LogP contribution is 2.44. The topological polar surface area (TPSA) is 90.3 Å². The first-order valence-corrected chi connectivity index (χ1v) is 12.2. The second-order valence-corrected chi connectivity index (χ2v) is 9.15. The number of carbonyl (C=O) groups excluding carboxylic acids is 2. The van der Waals surface area contributed by atoms with Crippen molar-refractivity contribution in [3.8, 4) is 11.5 Å². The second kappa shape index (κ2) is 11.1. The smallest absolute Gasteiger partial charge is 0.295 e. The third-order valence-corrected chi connectivity index (χ3v) is 6.82. The van der Waals surface area contributed by atoms with Gasteiger partial charge in [-0.3, -0.25) is 9.59 Å². The molecule has 7 nitrogen and oxygen atoms in total. The van der Waals surface area contributed by atoms with Crippen LogP contribution >= 0.6 is 15.9 Å². The second-order valence-electron chi connectivity index (χ2n) is 8.29. The minimum absolute atomic E-state index is 0.0244. The first kappa shape index (κ1) is 25.8. The number of ether oxygens (including phenoxy) is 1. The average molecular weight is 531 g/mol. The minimum atomic E-state index is -0.816. The zero-order valence-corrected chi connectivity index (χ0v) is 21.6. The maximum absolute atomic E-state index is 13.2. The van der Waals surface area contributed by atoms with E-state index < -0.39 is 17.7 Å². The van der Waals surface area contributed by atoms with E-state index in [1.165, 1.54) is 12.0 Å². The quantitative estimate of drug-likeness (QED) is 0.279. The summed E-state index contributed by atoms with van der Waals surface area (Å²) in [5, 5.41) is 21.5. The largest absolute Gasteiger partial charge is 0.507 e. The maximum Gasteiger partial charge on any atom is 0.295 e. The summed E-state index contributed by atoms with van der Waals surface area (Å²) < 4.78 is 5.66. The molecule has 0 radical (unpaired) electrons. The van der Waals surface area contributed by atoms with Crippen LogP contribution in [-0.2, 0) is 9.59 Å². The molecule has 1 unspecified atom stereocenters. The summed E-state index contributed by atoms with van der Waals surface area (Å²) in [4.78, 5) is 30.1. The Kier molecular flexibility index (Phi) is 8.38. The predicted molar refractivity (Wildman–Crippen MR) is 135 cm³/mol. The lowest BCUT2D eigenvalue weighted by molar-refractivity contribution is -0.140. The van der Waals surface area contributed by atoms with Crippen LogP contribution in [0.3, 0.4) is 0 Å². The van der Waals surface area contributed by atoms with Crippen LogP contribution in [0.4, 0.5) is 0 Å². The lowest BCUT2D eigenvalue weighted by Crippen LogP contribution is -2.33. The van der Waals surface area contributed by atoms with Gasteiger partial charge in [0, 0.05) is 12.1 Å². The van der Waals surface area contributed by atoms with E-state index in [4.69, 9.17) is 4.74 Å². The molecule has 2 aromatic carbocycles. The fourth-order valence-electron chi connectivity index (χ4n) is 4.24. The van der Waals surface area contributed by atoms with Gasteiger partial charge in [0.15, 0.2) is 11.5 Å². The van der Waals surface area contributed by atoms with E-state index in [0.717, 1.165) is 25.2 Å². The van der Waals surface area contributed by atoms with E-state index in [-0.39, 0.29) is 22.8 Å². The minimum Gasteiger partial charge on any atom is -0.507 e. The summed E-state index contributed by atoms with van der Waals surface area (Å²) in [5.41, 5.74) is 2.05. The molecule has 0 saturated carbocycles. The van der Waals surface area contributed by atoms with Crippen LogP contribution in [0.25, 0.3) is 5.76 Å². The van der Waals surface area contributed by atoms with E-state index in [1.54, 1.807) is 24.3 Å². The highest BCUT2D eigenvalue weighted by Gasteiger charge is 2.46. The summed E-state index contributed by atoms with van der Waals surface area (Å²) >= 11 is 3.33. The number of phenols is 1. The van der Waals surface area contributed by atoms with Crippen molar-refractivity contribution < 1.29 is 24.5 Å². The van der Waals surface area contributed by atoms with Crippen molar-refractivity contribution >= 4 is 33.4 Å². The van der Waals surface area contributed by atoms with Crippen LogP contribution in [0.5, 0.6) is 11.5 Å². The Morgan fingerprint density at radius 1 is 1.15 bits per heavy atom. The summed E-state index contributed by atoms with van der Waals surface area (Å²) in [7, 11) is 1.43. The zero-order chi connectivity index (χ0) is 25.0. The lowest BCUT2D eigenvalue weighted by Gasteiger charge is -2.27. The molecule has 1 fully saturated rings. The third kappa shape index (κ3) is 5.13. The van der Waals surface area contributed by atoms with E-state index in [2.05, 4.69) is 34.7 Å². The number of aromatic hydroxyl groups is 1. The zero-order valence-electron chi connectivity index (χ0n) is 20.0. The monoisotopic (exact) mass is 530 g/mol. The van der Waals surface area contributed by atoms with Gasteiger partial charge < -0.3 is 24.7 Å². The Morgan fingerprint density at radius 3 is 2.38 bits per heavy atom. The number of phenolic OH excluding ortho intramolecular Hbond substituents is 1. The number of ketones is 1. The molecule has 3 rings (SSSR count). The van der Waals surface area contributed by atoms with Crippen LogP contribution < -0.4 is 4.74 Å². The number of methoxy groups -OCH3 is 1. The molecule has 2 aromatic rings. The van der Waals surface area contributed by atoms with Crippen LogP contribution in [0.2, 0.25) is 0 Å². The van der Waals surface area contributed by atoms with Gasteiger partial charge in [-0.05, 0) is 66.6 Å². The number of Topliss-reactive ketones (excluding diaryl/α,β-unsaturated/α-hetero) is 1. The molecule has 0 spiro atoms. The van der Waals surface area contributed by atoms with Crippen molar-refractivity contribution in [1.29, 1.82) is 0 Å². The molecule has 2 N–H and O–H groups in total. The number of aryl methyl sites for hydroxylation is 1. The van der Waals surface area contributed by atoms with Gasteiger partial charge in [0.05, 0.1) is 23.2 Å². The fourth-order valence-corrected chi connectivity index (χ4v) is 4.70. The van der Waals surface area contributed by atoms with Gasteiger partial charge in [-0.15, -0.1) is 0 Å². The molecule has 34 heavy (non-hydrogen) atoms. The Bertz CT molecular complexity index is 1090. The number of carbonyl (C=O) groups is 2. The Labute approximate surface area is 208 Å². The summed E-state index contributed by atoms with van der Waals surface area (Å²) in [5.74, 6) is -1.48. The van der Waals surface area contributed by atoms with E-state index in [9.17, 15) is 19.8 Å². The molecule has 0 bridgehead atoms. The molecular formula is C26H31BrN2O5. The van der Waals surface area contributed by atoms with Crippen molar-refractivity contribution in [3.05, 3.63) is 63.1 Å². The predicted octanol–water partition coefficient (Wildman–Crippen LogP) is 4.63. The SMILES string of the molecule is CCN(CC)CCCN1C(=O)C(=O)/C(=C(/O)c2ccc(C)cc2)C1c1cc(Br)c(O)c(OC)c1. The molecular weight excluding hydrogens is 500 g/mol. The van der Waals surface area contributed by atoms with Gasteiger partial charge in [0.25, 0.3) is 11.7 Å². The number of likely N-dealkylation sites (tertiary alicyclic amines) is 1. The number of amides is 1. The molecule has 1 heterocycles. The summed E-state index contributed by atoms with van der Waals surface area (Å²) in [6, 6.07) is 9.55. The number of hydrogen-bond acceptors (Lipinski definition) is 6. The molecule has 1 aliphatic heterocycles. The number of aliphatic hydroxyl groups excluding tert-OH is 1. The Hall–Kier alpha value is -2.84. The molecule has 182 valence electrons. The van der Waals surface area contributed by atoms with E-state index >= 15 is 0 Å². The highest BCUT2D eigenvalue weighted by molar-refractivity contribution is 9.10. The average Bonchev–Trinajstić information content (AvgIpc) is 3.08. The van der Waals surface area contributed by atoms with Crippen molar-refractivity contribution in [1.82, 2.24) is 9.80 Å². The fraction of sp³-hybridized carbons (Fsp3) is 0.385. The number of nitrogens with zero attached hydrogens (tertiary/aromatic N) is 2. The first-order chi connectivity index (χ1) is 16.2. The Morgan fingerprint density at radius 2 is 1.79 bits per heavy atom. The molecule has 8 heteroatoms. The van der Waals surface area contributed by atoms with Gasteiger partial charge >= 0.3 is 0 Å². The molecule has 0 aliphatic carbocycles. The molecule has 1 aliphatic rings. The van der Waals surface area contributed by atoms with Crippen molar-refractivity contribution in [3.63, 3.8) is 0 Å². The number of hydrogen-bond donors (Lipinski definition) is 2. The molecule has 1 amide bonds. The van der Waals surface area contributed by atoms with Gasteiger partial charge in [-0.1, -0.05) is 43.7 Å². The Balaban J connectivity index is 2.11. The van der Waals surface area contributed by atoms with Crippen molar-refractivity contribution in [2.24, 2.45) is 0 Å². The number of aliphatic hydroxyl groups is 1. The van der Waals surface area contributed by atoms with Crippen LogP contribution in [-0.4, -0.2) is 65.0 Å². The number of halogens is 1. The molecule has 1 atom stereocenters. The summed E-state index contributed by atoms with van der Waals surface area (Å²) in [6.45, 7) is 9.01. The number of benzene rings is 2. The van der Waals surface area contributed by atoms with Crippen molar-refractivity contribution in [2.45, 2.75) is 33.2 Å².